The van der Waals surface area contributed by atoms with Crippen LogP contribution in [0.2, 0.25) is 0 Å². The van der Waals surface area contributed by atoms with Gasteiger partial charge in [0.1, 0.15) is 6.61 Å². The van der Waals surface area contributed by atoms with Gasteiger partial charge in [0.15, 0.2) is 0 Å². The molecule has 1 rings (SSSR count). The fraction of sp³-hybridized carbons (Fsp3) is 0.778. The van der Waals surface area contributed by atoms with Crippen molar-refractivity contribution in [2.75, 3.05) is 6.61 Å². The summed E-state index contributed by atoms with van der Waals surface area (Å²) in [5, 5.41) is 0. The average Bonchev–Trinajstić information content (AvgIpc) is 2.04. The number of rotatable bonds is 2. The monoisotopic (exact) mass is 153 g/mol. The van der Waals surface area contributed by atoms with Crippen molar-refractivity contribution < 1.29 is 4.74 Å². The van der Waals surface area contributed by atoms with Crippen LogP contribution in [0.3, 0.4) is 0 Å². The molecule has 0 amide bonds. The fourth-order valence-electron chi connectivity index (χ4n) is 1.42. The first-order chi connectivity index (χ1) is 5.33. The topological polar surface area (TPSA) is 35.2 Å². The maximum absolute atomic E-state index is 5.73. The van der Waals surface area contributed by atoms with E-state index in [1.165, 1.54) is 0 Å². The van der Waals surface area contributed by atoms with Crippen molar-refractivity contribution >= 4 is 0 Å². The van der Waals surface area contributed by atoms with Gasteiger partial charge in [0.2, 0.25) is 0 Å². The Hall–Kier alpha value is -0.520. The summed E-state index contributed by atoms with van der Waals surface area (Å²) in [4.78, 5) is 0. The Morgan fingerprint density at radius 2 is 2.00 bits per heavy atom. The standard InChI is InChI=1S/C9H15NO/c1-2-7-11-9-5-3-8(10)4-6-9/h1,8-9H,3-7,10H2. The van der Waals surface area contributed by atoms with E-state index in [2.05, 4.69) is 5.92 Å². The van der Waals surface area contributed by atoms with E-state index in [-0.39, 0.29) is 0 Å². The lowest BCUT2D eigenvalue weighted by Gasteiger charge is -2.25. The Bertz CT molecular complexity index is 142. The van der Waals surface area contributed by atoms with Crippen molar-refractivity contribution in [1.29, 1.82) is 0 Å². The van der Waals surface area contributed by atoms with Crippen molar-refractivity contribution in [1.82, 2.24) is 0 Å². The smallest absolute Gasteiger partial charge is 0.107 e. The molecule has 1 fully saturated rings. The highest BCUT2D eigenvalue weighted by atomic mass is 16.5. The minimum atomic E-state index is 0.367. The van der Waals surface area contributed by atoms with Gasteiger partial charge in [-0.1, -0.05) is 5.92 Å². The number of ether oxygens (including phenoxy) is 1. The molecule has 0 spiro atoms. The van der Waals surface area contributed by atoms with Crippen molar-refractivity contribution in [3.05, 3.63) is 0 Å². The summed E-state index contributed by atoms with van der Waals surface area (Å²) < 4.78 is 5.39. The molecule has 0 radical (unpaired) electrons. The zero-order valence-corrected chi connectivity index (χ0v) is 6.75. The first-order valence-corrected chi connectivity index (χ1v) is 4.13. The molecule has 1 aliphatic carbocycles. The van der Waals surface area contributed by atoms with Crippen LogP contribution in [0.4, 0.5) is 0 Å². The van der Waals surface area contributed by atoms with Gasteiger partial charge in [-0.3, -0.25) is 0 Å². The van der Waals surface area contributed by atoms with Crippen LogP contribution in [0.15, 0.2) is 0 Å². The van der Waals surface area contributed by atoms with Crippen molar-refractivity contribution in [2.45, 2.75) is 37.8 Å². The highest BCUT2D eigenvalue weighted by molar-refractivity contribution is 4.84. The first kappa shape index (κ1) is 8.58. The van der Waals surface area contributed by atoms with Gasteiger partial charge in [-0.2, -0.15) is 0 Å². The highest BCUT2D eigenvalue weighted by Gasteiger charge is 2.17. The van der Waals surface area contributed by atoms with Gasteiger partial charge < -0.3 is 10.5 Å². The lowest BCUT2D eigenvalue weighted by Crippen LogP contribution is -2.30. The molecule has 0 aromatic rings. The molecule has 0 aromatic heterocycles. The Kier molecular flexibility index (Phi) is 3.41. The van der Waals surface area contributed by atoms with Crippen LogP contribution in [0.5, 0.6) is 0 Å². The Balaban J connectivity index is 2.13. The first-order valence-electron chi connectivity index (χ1n) is 4.13. The van der Waals surface area contributed by atoms with Crippen molar-refractivity contribution in [3.8, 4) is 12.3 Å². The van der Waals surface area contributed by atoms with Crippen LogP contribution in [0.1, 0.15) is 25.7 Å². The Labute approximate surface area is 68.1 Å². The van der Waals surface area contributed by atoms with Gasteiger partial charge in [-0.25, -0.2) is 0 Å². The summed E-state index contributed by atoms with van der Waals surface area (Å²) in [5.74, 6) is 2.47. The van der Waals surface area contributed by atoms with Gasteiger partial charge in [0, 0.05) is 6.04 Å². The van der Waals surface area contributed by atoms with Gasteiger partial charge >= 0.3 is 0 Å². The maximum atomic E-state index is 5.73. The number of hydrogen-bond donors (Lipinski definition) is 1. The molecule has 0 atom stereocenters. The summed E-state index contributed by atoms with van der Waals surface area (Å²) in [6.07, 6.45) is 9.74. The summed E-state index contributed by atoms with van der Waals surface area (Å²) in [7, 11) is 0. The van der Waals surface area contributed by atoms with Gasteiger partial charge in [0.05, 0.1) is 6.10 Å². The van der Waals surface area contributed by atoms with Gasteiger partial charge in [0.25, 0.3) is 0 Å². The molecule has 2 nitrogen and oxygen atoms in total. The lowest BCUT2D eigenvalue weighted by atomic mass is 9.94. The van der Waals surface area contributed by atoms with Gasteiger partial charge in [-0.05, 0) is 25.7 Å². The average molecular weight is 153 g/mol. The number of terminal acetylenes is 1. The van der Waals surface area contributed by atoms with Crippen molar-refractivity contribution in [2.24, 2.45) is 5.73 Å². The predicted octanol–water partition coefficient (Wildman–Crippen LogP) is 0.906. The summed E-state index contributed by atoms with van der Waals surface area (Å²) in [6.45, 7) is 0.444. The molecule has 0 aliphatic heterocycles. The van der Waals surface area contributed by atoms with E-state index in [1.807, 2.05) is 0 Å². The minimum Gasteiger partial charge on any atom is -0.366 e. The second-order valence-electron chi connectivity index (χ2n) is 3.05. The van der Waals surface area contributed by atoms with Crippen LogP contribution >= 0.6 is 0 Å². The third-order valence-corrected chi connectivity index (χ3v) is 2.12. The number of nitrogens with two attached hydrogens (primary N) is 1. The summed E-state index contributed by atoms with van der Waals surface area (Å²) in [5.41, 5.74) is 5.73. The molecule has 2 heteroatoms. The van der Waals surface area contributed by atoms with Crippen molar-refractivity contribution in [3.63, 3.8) is 0 Å². The van der Waals surface area contributed by atoms with Crippen LogP contribution in [0, 0.1) is 12.3 Å². The van der Waals surface area contributed by atoms with Crippen LogP contribution in [0.25, 0.3) is 0 Å². The van der Waals surface area contributed by atoms with Crippen LogP contribution in [-0.4, -0.2) is 18.8 Å². The number of hydrogen-bond acceptors (Lipinski definition) is 2. The summed E-state index contributed by atoms with van der Waals surface area (Å²) >= 11 is 0. The fourth-order valence-corrected chi connectivity index (χ4v) is 1.42. The van der Waals surface area contributed by atoms with E-state index in [1.54, 1.807) is 0 Å². The second-order valence-corrected chi connectivity index (χ2v) is 3.05. The third kappa shape index (κ3) is 2.92. The molecule has 62 valence electrons. The molecule has 0 saturated heterocycles. The zero-order chi connectivity index (χ0) is 8.10. The molecule has 0 heterocycles. The second kappa shape index (κ2) is 4.38. The maximum Gasteiger partial charge on any atom is 0.107 e. The zero-order valence-electron chi connectivity index (χ0n) is 6.75. The molecule has 2 N–H and O–H groups in total. The van der Waals surface area contributed by atoms with E-state index in [9.17, 15) is 0 Å². The normalized spacial score (nSPS) is 31.3. The molecule has 1 aliphatic rings. The van der Waals surface area contributed by atoms with Gasteiger partial charge in [-0.15, -0.1) is 6.42 Å². The Morgan fingerprint density at radius 1 is 1.36 bits per heavy atom. The van der Waals surface area contributed by atoms with E-state index >= 15 is 0 Å². The molecular formula is C9H15NO. The lowest BCUT2D eigenvalue weighted by molar-refractivity contribution is 0.0459. The van der Waals surface area contributed by atoms with E-state index in [4.69, 9.17) is 16.9 Å². The Morgan fingerprint density at radius 3 is 2.55 bits per heavy atom. The SMILES string of the molecule is C#CCOC1CCC(N)CC1. The highest BCUT2D eigenvalue weighted by Crippen LogP contribution is 2.19. The van der Waals surface area contributed by atoms with Crippen LogP contribution < -0.4 is 5.73 Å². The third-order valence-electron chi connectivity index (χ3n) is 2.12. The molecule has 11 heavy (non-hydrogen) atoms. The van der Waals surface area contributed by atoms with E-state index in [0.717, 1.165) is 25.7 Å². The molecule has 0 unspecified atom stereocenters. The molecule has 0 bridgehead atoms. The summed E-state index contributed by atoms with van der Waals surface area (Å²) in [6, 6.07) is 0.390. The molecular weight excluding hydrogens is 138 g/mol. The minimum absolute atomic E-state index is 0.367. The quantitative estimate of drug-likeness (QED) is 0.598. The molecule has 0 aromatic carbocycles. The predicted molar refractivity (Wildman–Crippen MR) is 45.0 cm³/mol. The largest absolute Gasteiger partial charge is 0.366 e. The van der Waals surface area contributed by atoms with Crippen LogP contribution in [-0.2, 0) is 4.74 Å². The molecule has 1 saturated carbocycles. The van der Waals surface area contributed by atoms with E-state index < -0.39 is 0 Å². The van der Waals surface area contributed by atoms with E-state index in [0.29, 0.717) is 18.8 Å².